The molecule has 0 unspecified atom stereocenters. The Hall–Kier alpha value is -3.81. The van der Waals surface area contributed by atoms with Crippen molar-refractivity contribution in [2.45, 2.75) is 19.8 Å². The van der Waals surface area contributed by atoms with Crippen molar-refractivity contribution in [3.63, 3.8) is 0 Å². The molecule has 8 heteroatoms. The zero-order valence-corrected chi connectivity index (χ0v) is 20.2. The minimum absolute atomic E-state index is 0.00515. The number of aryl methyl sites for hydroxylation is 1. The molecule has 4 fully saturated rings. The van der Waals surface area contributed by atoms with Crippen LogP contribution in [0.2, 0.25) is 0 Å². The van der Waals surface area contributed by atoms with Gasteiger partial charge in [0, 0.05) is 18.7 Å². The Labute approximate surface area is 212 Å². The summed E-state index contributed by atoms with van der Waals surface area (Å²) in [5, 5.41) is 0. The molecule has 6 aliphatic rings. The van der Waals surface area contributed by atoms with Gasteiger partial charge in [-0.2, -0.15) is 0 Å². The minimum atomic E-state index is -0.656. The highest BCUT2D eigenvalue weighted by atomic mass is 19.1. The number of hydrogen-bond acceptors (Lipinski definition) is 5. The number of carbonyl (C=O) groups is 4. The summed E-state index contributed by atoms with van der Waals surface area (Å²) in [5.74, 6) is -0.932. The smallest absolute Gasteiger partial charge is 0.316 e. The van der Waals surface area contributed by atoms with Crippen molar-refractivity contribution in [3.05, 3.63) is 66.0 Å². The molecular weight excluding hydrogens is 475 g/mol. The summed E-state index contributed by atoms with van der Waals surface area (Å²) in [6, 6.07) is 10.4. The quantitative estimate of drug-likeness (QED) is 0.277. The molecule has 2 bridgehead atoms. The highest BCUT2D eigenvalue weighted by Gasteiger charge is 2.67. The molecule has 0 radical (unpaired) electrons. The predicted octanol–water partition coefficient (Wildman–Crippen LogP) is 3.65. The minimum Gasteiger partial charge on any atom is -0.426 e. The van der Waals surface area contributed by atoms with Gasteiger partial charge in [0.05, 0.1) is 23.4 Å². The van der Waals surface area contributed by atoms with E-state index in [9.17, 15) is 23.6 Å². The number of ether oxygens (including phenoxy) is 1. The van der Waals surface area contributed by atoms with Gasteiger partial charge in [-0.1, -0.05) is 12.2 Å². The number of benzene rings is 2. The van der Waals surface area contributed by atoms with Crippen molar-refractivity contribution < 1.29 is 28.3 Å². The molecule has 3 amide bonds. The van der Waals surface area contributed by atoms with Crippen LogP contribution in [0.15, 0.2) is 54.6 Å². The highest BCUT2D eigenvalue weighted by Crippen LogP contribution is 2.65. The van der Waals surface area contributed by atoms with Gasteiger partial charge in [-0.05, 0) is 85.0 Å². The third-order valence-corrected chi connectivity index (χ3v) is 8.89. The van der Waals surface area contributed by atoms with E-state index in [1.54, 1.807) is 25.1 Å². The van der Waals surface area contributed by atoms with E-state index in [-0.39, 0.29) is 54.4 Å². The molecule has 7 atom stereocenters. The zero-order chi connectivity index (χ0) is 25.6. The van der Waals surface area contributed by atoms with Gasteiger partial charge in [-0.15, -0.1) is 0 Å². The first-order chi connectivity index (χ1) is 17.8. The molecule has 2 aromatic carbocycles. The van der Waals surface area contributed by atoms with Crippen LogP contribution in [-0.2, 0) is 19.2 Å². The Morgan fingerprint density at radius 3 is 2.22 bits per heavy atom. The number of rotatable bonds is 4. The first-order valence-electron chi connectivity index (χ1n) is 12.8. The molecule has 4 aliphatic carbocycles. The van der Waals surface area contributed by atoms with Gasteiger partial charge < -0.3 is 9.64 Å². The van der Waals surface area contributed by atoms with E-state index in [2.05, 4.69) is 12.2 Å². The van der Waals surface area contributed by atoms with Crippen LogP contribution in [0.4, 0.5) is 15.8 Å². The number of allylic oxidation sites excluding steroid dienone is 2. The summed E-state index contributed by atoms with van der Waals surface area (Å²) in [6.07, 6.45) is 5.42. The lowest BCUT2D eigenvalue weighted by atomic mass is 9.63. The van der Waals surface area contributed by atoms with Crippen LogP contribution in [0.1, 0.15) is 18.4 Å². The maximum Gasteiger partial charge on any atom is 0.316 e. The molecule has 2 heterocycles. The van der Waals surface area contributed by atoms with E-state index in [0.717, 1.165) is 6.42 Å². The third-order valence-electron chi connectivity index (χ3n) is 8.89. The number of hydrogen-bond donors (Lipinski definition) is 0. The monoisotopic (exact) mass is 500 g/mol. The lowest BCUT2D eigenvalue weighted by Gasteiger charge is -2.37. The van der Waals surface area contributed by atoms with E-state index in [4.69, 9.17) is 4.74 Å². The summed E-state index contributed by atoms with van der Waals surface area (Å²) >= 11 is 0. The predicted molar refractivity (Wildman–Crippen MR) is 131 cm³/mol. The van der Waals surface area contributed by atoms with Gasteiger partial charge in [0.25, 0.3) is 0 Å². The van der Waals surface area contributed by atoms with Crippen LogP contribution in [0.25, 0.3) is 0 Å². The Bertz CT molecular complexity index is 1370. The van der Waals surface area contributed by atoms with Crippen molar-refractivity contribution in [2.75, 3.05) is 16.3 Å². The van der Waals surface area contributed by atoms with Crippen LogP contribution >= 0.6 is 0 Å². The summed E-state index contributed by atoms with van der Waals surface area (Å²) in [5.41, 5.74) is 1.71. The molecule has 37 heavy (non-hydrogen) atoms. The molecular formula is C29H25FN2O5. The second-order valence-corrected chi connectivity index (χ2v) is 10.9. The lowest BCUT2D eigenvalue weighted by molar-refractivity contribution is -0.139. The van der Waals surface area contributed by atoms with Crippen LogP contribution in [-0.4, -0.2) is 30.2 Å². The number of imide groups is 1. The number of amides is 3. The second kappa shape index (κ2) is 7.84. The molecule has 188 valence electrons. The molecule has 2 aliphatic heterocycles. The van der Waals surface area contributed by atoms with Gasteiger partial charge in [-0.25, -0.2) is 9.29 Å². The molecule has 0 spiro atoms. The fraction of sp³-hybridized carbons (Fsp3) is 0.379. The van der Waals surface area contributed by atoms with Gasteiger partial charge in [0.15, 0.2) is 0 Å². The molecule has 8 rings (SSSR count). The second-order valence-electron chi connectivity index (χ2n) is 10.9. The molecule has 0 N–H and O–H groups in total. The van der Waals surface area contributed by atoms with Crippen molar-refractivity contribution in [1.29, 1.82) is 0 Å². The summed E-state index contributed by atoms with van der Waals surface area (Å²) in [6.45, 7) is 1.94. The van der Waals surface area contributed by atoms with Gasteiger partial charge in [0.2, 0.25) is 17.7 Å². The van der Waals surface area contributed by atoms with Gasteiger partial charge >= 0.3 is 5.97 Å². The first-order valence-corrected chi connectivity index (χ1v) is 12.8. The summed E-state index contributed by atoms with van der Waals surface area (Å²) in [4.78, 5) is 54.9. The van der Waals surface area contributed by atoms with E-state index in [1.807, 2.05) is 0 Å². The zero-order valence-electron chi connectivity index (χ0n) is 20.2. The van der Waals surface area contributed by atoms with Crippen molar-refractivity contribution in [1.82, 2.24) is 0 Å². The summed E-state index contributed by atoms with van der Waals surface area (Å²) < 4.78 is 18.8. The molecule has 2 aromatic rings. The van der Waals surface area contributed by atoms with E-state index in [1.165, 1.54) is 34.1 Å². The normalized spacial score (nSPS) is 33.1. The number of nitrogens with zero attached hydrogens (tertiary/aromatic N) is 2. The average molecular weight is 501 g/mol. The van der Waals surface area contributed by atoms with Crippen LogP contribution in [0, 0.1) is 54.2 Å². The van der Waals surface area contributed by atoms with Crippen molar-refractivity contribution in [2.24, 2.45) is 41.4 Å². The molecule has 0 aromatic heterocycles. The Balaban J connectivity index is 1.06. The van der Waals surface area contributed by atoms with Crippen molar-refractivity contribution >= 4 is 35.1 Å². The Kier molecular flexibility index (Phi) is 4.75. The fourth-order valence-electron chi connectivity index (χ4n) is 7.07. The largest absolute Gasteiger partial charge is 0.426 e. The Morgan fingerprint density at radius 2 is 1.59 bits per heavy atom. The number of esters is 1. The molecule has 7 nitrogen and oxygen atoms in total. The maximum atomic E-state index is 13.4. The van der Waals surface area contributed by atoms with Crippen LogP contribution < -0.4 is 14.5 Å². The highest BCUT2D eigenvalue weighted by molar-refractivity contribution is 6.23. The van der Waals surface area contributed by atoms with E-state index >= 15 is 0 Å². The van der Waals surface area contributed by atoms with Crippen molar-refractivity contribution in [3.8, 4) is 5.75 Å². The van der Waals surface area contributed by atoms with Gasteiger partial charge in [-0.3, -0.25) is 19.2 Å². The Morgan fingerprint density at radius 1 is 0.946 bits per heavy atom. The van der Waals surface area contributed by atoms with Crippen LogP contribution in [0.3, 0.4) is 0 Å². The lowest BCUT2D eigenvalue weighted by Crippen LogP contribution is -2.40. The number of anilines is 2. The molecule has 2 saturated heterocycles. The molecule has 2 saturated carbocycles. The topological polar surface area (TPSA) is 84.0 Å². The van der Waals surface area contributed by atoms with E-state index in [0.29, 0.717) is 34.5 Å². The standard InChI is InChI=1S/C29H25FN2O5/c1-14-10-18(37-29(36)15-11-24(33)31(13-15)17-4-2-16(30)3-5-17)6-9-23(14)32-27(34)25-19-7-8-20(22-12-21(19)22)26(25)28(32)35/h2-10,15,19-22,25-26H,11-13H2,1H3/t15-,19+,20+,21-,22+,25-,26+/m1/s1. The first kappa shape index (κ1) is 22.4. The van der Waals surface area contributed by atoms with Gasteiger partial charge in [0.1, 0.15) is 11.6 Å². The number of carbonyl (C=O) groups excluding carboxylic acids is 4. The van der Waals surface area contributed by atoms with E-state index < -0.39 is 17.7 Å². The summed E-state index contributed by atoms with van der Waals surface area (Å²) in [7, 11) is 0. The SMILES string of the molecule is Cc1cc(OC(=O)[C@@H]2CC(=O)N(c3ccc(F)cc3)C2)ccc1N1C(=O)[C@@H]2[C@H]3C=C[C@@H]([C@@H]4C[C@H]34)[C@@H]2C1=O. The van der Waals surface area contributed by atoms with Crippen LogP contribution in [0.5, 0.6) is 5.75 Å². The number of halogens is 1. The fourth-order valence-corrected chi connectivity index (χ4v) is 7.07. The third kappa shape index (κ3) is 3.31. The average Bonchev–Trinajstić information content (AvgIpc) is 3.56. The maximum absolute atomic E-state index is 13.4.